The predicted molar refractivity (Wildman–Crippen MR) is 128 cm³/mol. The van der Waals surface area contributed by atoms with Crippen molar-refractivity contribution in [1.82, 2.24) is 9.88 Å². The number of hydrogen-bond donors (Lipinski definition) is 0. The normalized spacial score (nSPS) is 11.2. The molecule has 0 unspecified atom stereocenters. The van der Waals surface area contributed by atoms with Crippen molar-refractivity contribution in [1.29, 1.82) is 0 Å². The van der Waals surface area contributed by atoms with Gasteiger partial charge in [0.15, 0.2) is 5.13 Å². The lowest BCUT2D eigenvalue weighted by molar-refractivity contribution is -0.118. The fourth-order valence-electron chi connectivity index (χ4n) is 3.15. The van der Waals surface area contributed by atoms with Crippen LogP contribution in [0.2, 0.25) is 0 Å². The Bertz CT molecular complexity index is 906. The third kappa shape index (κ3) is 5.97. The van der Waals surface area contributed by atoms with Crippen LogP contribution in [0, 0.1) is 0 Å². The van der Waals surface area contributed by atoms with E-state index in [-0.39, 0.29) is 5.91 Å². The summed E-state index contributed by atoms with van der Waals surface area (Å²) in [5.41, 5.74) is 0.950. The summed E-state index contributed by atoms with van der Waals surface area (Å²) in [7, 11) is 1.66. The first kappa shape index (κ1) is 22.6. The second-order valence-electron chi connectivity index (χ2n) is 6.81. The zero-order chi connectivity index (χ0) is 21.3. The molecule has 3 aromatic rings. The van der Waals surface area contributed by atoms with Gasteiger partial charge in [0.05, 0.1) is 17.3 Å². The van der Waals surface area contributed by atoms with Gasteiger partial charge in [0.25, 0.3) is 0 Å². The Morgan fingerprint density at radius 2 is 1.80 bits per heavy atom. The number of ether oxygens (including phenoxy) is 1. The molecular formula is C23H29N3O2S2. The molecule has 7 heteroatoms. The first-order valence-electron chi connectivity index (χ1n) is 10.3. The van der Waals surface area contributed by atoms with Gasteiger partial charge in [-0.15, -0.1) is 11.8 Å². The number of methoxy groups -OCH3 is 1. The molecule has 1 amide bonds. The van der Waals surface area contributed by atoms with Crippen LogP contribution < -0.4 is 9.64 Å². The maximum atomic E-state index is 13.1. The van der Waals surface area contributed by atoms with Gasteiger partial charge in [0.2, 0.25) is 5.91 Å². The first-order chi connectivity index (χ1) is 14.6. The number of carbonyl (C=O) groups excluding carboxylic acids is 1. The van der Waals surface area contributed by atoms with Crippen molar-refractivity contribution in [3.63, 3.8) is 0 Å². The smallest absolute Gasteiger partial charge is 0.229 e. The van der Waals surface area contributed by atoms with Gasteiger partial charge < -0.3 is 9.64 Å². The Balaban J connectivity index is 1.67. The minimum atomic E-state index is 0.127. The standard InChI is InChI=1S/C23H29N3O2S2/c1-4-25(5-2)15-16-26(23-24-20-8-6-7-9-21(20)30-23)22(27)14-17-29-19-12-10-18(28-3)11-13-19/h6-13H,4-5,14-17H2,1-3H3. The average Bonchev–Trinajstić information content (AvgIpc) is 3.21. The van der Waals surface area contributed by atoms with Gasteiger partial charge in [-0.1, -0.05) is 37.3 Å². The number of anilines is 1. The highest BCUT2D eigenvalue weighted by molar-refractivity contribution is 7.99. The average molecular weight is 444 g/mol. The quantitative estimate of drug-likeness (QED) is 0.383. The number of aromatic nitrogens is 1. The van der Waals surface area contributed by atoms with Crippen molar-refractivity contribution in [3.8, 4) is 5.75 Å². The van der Waals surface area contributed by atoms with E-state index < -0.39 is 0 Å². The van der Waals surface area contributed by atoms with E-state index in [4.69, 9.17) is 9.72 Å². The fraction of sp³-hybridized carbons (Fsp3) is 0.391. The lowest BCUT2D eigenvalue weighted by atomic mass is 10.3. The van der Waals surface area contributed by atoms with Crippen LogP contribution in [0.25, 0.3) is 10.2 Å². The van der Waals surface area contributed by atoms with Crippen molar-refractivity contribution in [2.24, 2.45) is 0 Å². The van der Waals surface area contributed by atoms with E-state index in [0.717, 1.165) is 51.4 Å². The third-order valence-electron chi connectivity index (χ3n) is 4.99. The molecule has 0 atom stereocenters. The van der Waals surface area contributed by atoms with Crippen molar-refractivity contribution >= 4 is 44.4 Å². The number of para-hydroxylation sites is 1. The summed E-state index contributed by atoms with van der Waals surface area (Å²) in [6.07, 6.45) is 0.477. The Hall–Kier alpha value is -2.09. The molecule has 2 aromatic carbocycles. The highest BCUT2D eigenvalue weighted by Crippen LogP contribution is 2.29. The van der Waals surface area contributed by atoms with E-state index in [1.807, 2.05) is 47.4 Å². The van der Waals surface area contributed by atoms with Crippen LogP contribution >= 0.6 is 23.1 Å². The molecule has 0 radical (unpaired) electrons. The molecule has 5 nitrogen and oxygen atoms in total. The Morgan fingerprint density at radius 3 is 2.47 bits per heavy atom. The predicted octanol–water partition coefficient (Wildman–Crippen LogP) is 5.16. The summed E-state index contributed by atoms with van der Waals surface area (Å²) in [5, 5.41) is 0.794. The number of thioether (sulfide) groups is 1. The van der Waals surface area contributed by atoms with Gasteiger partial charge in [0, 0.05) is 30.2 Å². The van der Waals surface area contributed by atoms with Crippen molar-refractivity contribution in [2.45, 2.75) is 25.2 Å². The monoisotopic (exact) mass is 443 g/mol. The Labute approximate surface area is 187 Å². The molecule has 1 heterocycles. The van der Waals surface area contributed by atoms with Crippen LogP contribution in [-0.4, -0.2) is 54.8 Å². The molecule has 30 heavy (non-hydrogen) atoms. The van der Waals surface area contributed by atoms with E-state index in [1.54, 1.807) is 30.2 Å². The van der Waals surface area contributed by atoms with E-state index >= 15 is 0 Å². The summed E-state index contributed by atoms with van der Waals surface area (Å²) in [6, 6.07) is 16.0. The zero-order valence-electron chi connectivity index (χ0n) is 17.8. The minimum absolute atomic E-state index is 0.127. The highest BCUT2D eigenvalue weighted by atomic mass is 32.2. The number of fused-ring (bicyclic) bond motifs is 1. The van der Waals surface area contributed by atoms with Gasteiger partial charge in [0.1, 0.15) is 5.75 Å². The number of thiazole rings is 1. The number of rotatable bonds is 11. The third-order valence-corrected chi connectivity index (χ3v) is 7.07. The molecular weight excluding hydrogens is 414 g/mol. The van der Waals surface area contributed by atoms with Gasteiger partial charge >= 0.3 is 0 Å². The molecule has 0 aliphatic heterocycles. The number of carbonyl (C=O) groups is 1. The molecule has 0 aliphatic carbocycles. The van der Waals surface area contributed by atoms with Crippen LogP contribution in [-0.2, 0) is 4.79 Å². The lowest BCUT2D eigenvalue weighted by Gasteiger charge is -2.24. The minimum Gasteiger partial charge on any atom is -0.497 e. The maximum Gasteiger partial charge on any atom is 0.229 e. The zero-order valence-corrected chi connectivity index (χ0v) is 19.5. The van der Waals surface area contributed by atoms with E-state index in [1.165, 1.54) is 0 Å². The van der Waals surface area contributed by atoms with Gasteiger partial charge in [-0.2, -0.15) is 0 Å². The van der Waals surface area contributed by atoms with Gasteiger partial charge in [-0.25, -0.2) is 4.98 Å². The molecule has 0 spiro atoms. The fourth-order valence-corrected chi connectivity index (χ4v) is 5.00. The topological polar surface area (TPSA) is 45.7 Å². The van der Waals surface area contributed by atoms with Crippen LogP contribution in [0.3, 0.4) is 0 Å². The number of likely N-dealkylation sites (N-methyl/N-ethyl adjacent to an activating group) is 1. The second kappa shape index (κ2) is 11.3. The molecule has 0 fully saturated rings. The van der Waals surface area contributed by atoms with Crippen LogP contribution in [0.15, 0.2) is 53.4 Å². The van der Waals surface area contributed by atoms with Gasteiger partial charge in [-0.3, -0.25) is 9.69 Å². The van der Waals surface area contributed by atoms with Crippen molar-refractivity contribution < 1.29 is 9.53 Å². The highest BCUT2D eigenvalue weighted by Gasteiger charge is 2.20. The largest absolute Gasteiger partial charge is 0.497 e. The number of amides is 1. The summed E-state index contributed by atoms with van der Waals surface area (Å²) >= 11 is 3.28. The van der Waals surface area contributed by atoms with Crippen molar-refractivity contribution in [3.05, 3.63) is 48.5 Å². The van der Waals surface area contributed by atoms with E-state index in [2.05, 4.69) is 24.8 Å². The van der Waals surface area contributed by atoms with Crippen LogP contribution in [0.4, 0.5) is 5.13 Å². The lowest BCUT2D eigenvalue weighted by Crippen LogP contribution is -2.39. The molecule has 0 N–H and O–H groups in total. The van der Waals surface area contributed by atoms with Crippen molar-refractivity contribution in [2.75, 3.05) is 43.9 Å². The summed E-state index contributed by atoms with van der Waals surface area (Å²) in [6.45, 7) is 7.77. The van der Waals surface area contributed by atoms with E-state index in [9.17, 15) is 4.79 Å². The maximum absolute atomic E-state index is 13.1. The molecule has 0 bridgehead atoms. The van der Waals surface area contributed by atoms with Crippen LogP contribution in [0.1, 0.15) is 20.3 Å². The SMILES string of the molecule is CCN(CC)CCN(C(=O)CCSc1ccc(OC)cc1)c1nc2ccccc2s1. The first-order valence-corrected chi connectivity index (χ1v) is 12.1. The summed E-state index contributed by atoms with van der Waals surface area (Å²) in [5.74, 6) is 1.70. The molecule has 0 aliphatic rings. The summed E-state index contributed by atoms with van der Waals surface area (Å²) < 4.78 is 6.31. The number of nitrogens with zero attached hydrogens (tertiary/aromatic N) is 3. The Kier molecular flexibility index (Phi) is 8.54. The Morgan fingerprint density at radius 1 is 1.07 bits per heavy atom. The van der Waals surface area contributed by atoms with Gasteiger partial charge in [-0.05, 0) is 49.5 Å². The molecule has 3 rings (SSSR count). The number of hydrogen-bond acceptors (Lipinski definition) is 6. The molecule has 0 saturated carbocycles. The number of benzene rings is 2. The molecule has 160 valence electrons. The molecule has 0 saturated heterocycles. The van der Waals surface area contributed by atoms with E-state index in [0.29, 0.717) is 13.0 Å². The summed E-state index contributed by atoms with van der Waals surface area (Å²) in [4.78, 5) is 23.2. The second-order valence-corrected chi connectivity index (χ2v) is 8.99. The van der Waals surface area contributed by atoms with Crippen LogP contribution in [0.5, 0.6) is 5.75 Å². The molecule has 1 aromatic heterocycles.